The van der Waals surface area contributed by atoms with Gasteiger partial charge in [0.25, 0.3) is 5.91 Å². The maximum Gasteiger partial charge on any atom is 0.255 e. The van der Waals surface area contributed by atoms with E-state index in [0.29, 0.717) is 16.7 Å². The molecule has 1 aliphatic rings. The summed E-state index contributed by atoms with van der Waals surface area (Å²) in [6.45, 7) is 5.21. The third kappa shape index (κ3) is 5.81. The van der Waals surface area contributed by atoms with Crippen molar-refractivity contribution in [1.29, 1.82) is 0 Å². The molecule has 0 spiro atoms. The molecule has 1 fully saturated rings. The lowest BCUT2D eigenvalue weighted by Crippen LogP contribution is -2.46. The van der Waals surface area contributed by atoms with E-state index in [2.05, 4.69) is 10.5 Å². The molecule has 0 bridgehead atoms. The van der Waals surface area contributed by atoms with Crippen molar-refractivity contribution in [1.82, 2.24) is 9.73 Å². The summed E-state index contributed by atoms with van der Waals surface area (Å²) in [6.07, 6.45) is 5.80. The Morgan fingerprint density at radius 1 is 1.09 bits per heavy atom. The minimum absolute atomic E-state index is 0.222. The summed E-state index contributed by atoms with van der Waals surface area (Å²) in [7, 11) is -3.88. The molecule has 0 aromatic heterocycles. The fourth-order valence-corrected chi connectivity index (χ4v) is 6.43. The average molecular weight is 460 g/mol. The number of sulfonamides is 1. The summed E-state index contributed by atoms with van der Waals surface area (Å²) < 4.78 is 41.8. The Kier molecular flexibility index (Phi) is 7.79. The summed E-state index contributed by atoms with van der Waals surface area (Å²) in [5, 5.41) is 3.90. The molecule has 1 saturated carbocycles. The number of carbonyl (C=O) groups is 1. The van der Waals surface area contributed by atoms with Crippen molar-refractivity contribution in [3.63, 3.8) is 0 Å². The normalized spacial score (nSPS) is 15.4. The van der Waals surface area contributed by atoms with E-state index in [1.54, 1.807) is 13.8 Å². The van der Waals surface area contributed by atoms with Crippen molar-refractivity contribution in [3.8, 4) is 0 Å². The maximum absolute atomic E-state index is 13.7. The molecule has 3 rings (SSSR count). The third-order valence-corrected chi connectivity index (χ3v) is 7.93. The minimum Gasteiger partial charge on any atom is -0.272 e. The van der Waals surface area contributed by atoms with Gasteiger partial charge in [-0.15, -0.1) is 0 Å². The van der Waals surface area contributed by atoms with Crippen LogP contribution >= 0.6 is 0 Å². The molecule has 0 atom stereocenters. The Morgan fingerprint density at radius 3 is 2.28 bits per heavy atom. The molecule has 0 unspecified atom stereocenters. The molecule has 32 heavy (non-hydrogen) atoms. The molecule has 2 aromatic carbocycles. The van der Waals surface area contributed by atoms with Crippen LogP contribution in [0.2, 0.25) is 0 Å². The van der Waals surface area contributed by atoms with Crippen LogP contribution in [-0.4, -0.2) is 37.4 Å². The van der Waals surface area contributed by atoms with E-state index in [9.17, 15) is 17.6 Å². The van der Waals surface area contributed by atoms with E-state index < -0.39 is 15.9 Å². The highest BCUT2D eigenvalue weighted by atomic mass is 32.2. The monoisotopic (exact) mass is 459 g/mol. The highest BCUT2D eigenvalue weighted by Gasteiger charge is 2.35. The summed E-state index contributed by atoms with van der Waals surface area (Å²) in [6, 6.07) is 9.15. The fourth-order valence-electron chi connectivity index (χ4n) is 4.37. The number of carbonyl (C=O) groups excluding carboxylic acids is 1. The number of aryl methyl sites for hydroxylation is 3. The van der Waals surface area contributed by atoms with Gasteiger partial charge < -0.3 is 0 Å². The molecule has 172 valence electrons. The van der Waals surface area contributed by atoms with Crippen LogP contribution in [0, 0.1) is 26.6 Å². The van der Waals surface area contributed by atoms with Gasteiger partial charge in [0.15, 0.2) is 0 Å². The Bertz CT molecular complexity index is 1070. The second kappa shape index (κ2) is 10.4. The SMILES string of the molecule is Cc1cc(C)c(S(=O)(=O)N(CC(=O)N/N=C/c2ccc(F)cc2)C2CCCCC2)c(C)c1. The van der Waals surface area contributed by atoms with Gasteiger partial charge in [0, 0.05) is 6.04 Å². The third-order valence-electron chi connectivity index (χ3n) is 5.73. The maximum atomic E-state index is 13.7. The van der Waals surface area contributed by atoms with Crippen LogP contribution in [0.15, 0.2) is 46.4 Å². The Labute approximate surface area is 189 Å². The summed E-state index contributed by atoms with van der Waals surface area (Å²) in [4.78, 5) is 12.9. The largest absolute Gasteiger partial charge is 0.272 e. The molecule has 1 aliphatic carbocycles. The molecule has 0 radical (unpaired) electrons. The first-order chi connectivity index (χ1) is 15.2. The van der Waals surface area contributed by atoms with Crippen molar-refractivity contribution < 1.29 is 17.6 Å². The Morgan fingerprint density at radius 2 is 1.69 bits per heavy atom. The first kappa shape index (κ1) is 24.1. The van der Waals surface area contributed by atoms with Gasteiger partial charge in [-0.05, 0) is 62.4 Å². The molecule has 0 heterocycles. The number of nitrogens with one attached hydrogen (secondary N) is 1. The van der Waals surface area contributed by atoms with E-state index in [4.69, 9.17) is 0 Å². The van der Waals surface area contributed by atoms with Gasteiger partial charge in [-0.25, -0.2) is 18.2 Å². The second-order valence-corrected chi connectivity index (χ2v) is 10.2. The van der Waals surface area contributed by atoms with Crippen LogP contribution in [0.3, 0.4) is 0 Å². The van der Waals surface area contributed by atoms with Crippen LogP contribution in [-0.2, 0) is 14.8 Å². The number of hydrazone groups is 1. The van der Waals surface area contributed by atoms with E-state index in [-0.39, 0.29) is 23.3 Å². The lowest BCUT2D eigenvalue weighted by atomic mass is 9.95. The number of hydrogen-bond acceptors (Lipinski definition) is 4. The van der Waals surface area contributed by atoms with Gasteiger partial charge in [0.1, 0.15) is 5.82 Å². The molecular formula is C24H30FN3O3S. The second-order valence-electron chi connectivity index (χ2n) is 8.41. The number of rotatable bonds is 7. The number of hydrogen-bond donors (Lipinski definition) is 1. The molecule has 2 aromatic rings. The quantitative estimate of drug-likeness (QED) is 0.497. The Balaban J connectivity index is 1.83. The van der Waals surface area contributed by atoms with Crippen molar-refractivity contribution in [3.05, 3.63) is 64.5 Å². The van der Waals surface area contributed by atoms with Crippen molar-refractivity contribution >= 4 is 22.1 Å². The van der Waals surface area contributed by atoms with E-state index in [1.165, 1.54) is 34.8 Å². The van der Waals surface area contributed by atoms with Crippen LogP contribution in [0.25, 0.3) is 0 Å². The van der Waals surface area contributed by atoms with Gasteiger partial charge in [-0.2, -0.15) is 9.41 Å². The molecule has 0 aliphatic heterocycles. The fraction of sp³-hybridized carbons (Fsp3) is 0.417. The van der Waals surface area contributed by atoms with Crippen LogP contribution in [0.1, 0.15) is 54.4 Å². The minimum atomic E-state index is -3.88. The van der Waals surface area contributed by atoms with Gasteiger partial charge in [0.05, 0.1) is 17.7 Å². The summed E-state index contributed by atoms with van der Waals surface area (Å²) >= 11 is 0. The van der Waals surface area contributed by atoms with Gasteiger partial charge >= 0.3 is 0 Å². The van der Waals surface area contributed by atoms with Gasteiger partial charge in [-0.1, -0.05) is 49.1 Å². The molecule has 0 saturated heterocycles. The van der Waals surface area contributed by atoms with Gasteiger partial charge in [0.2, 0.25) is 10.0 Å². The summed E-state index contributed by atoms with van der Waals surface area (Å²) in [5.74, 6) is -0.874. The van der Waals surface area contributed by atoms with Crippen LogP contribution in [0.5, 0.6) is 0 Å². The number of halogens is 1. The Hall–Kier alpha value is -2.58. The van der Waals surface area contributed by atoms with E-state index >= 15 is 0 Å². The molecule has 1 N–H and O–H groups in total. The molecule has 8 heteroatoms. The highest BCUT2D eigenvalue weighted by molar-refractivity contribution is 7.89. The average Bonchev–Trinajstić information content (AvgIpc) is 2.73. The van der Waals surface area contributed by atoms with Crippen molar-refractivity contribution in [2.24, 2.45) is 5.10 Å². The smallest absolute Gasteiger partial charge is 0.255 e. The lowest BCUT2D eigenvalue weighted by Gasteiger charge is -2.33. The predicted molar refractivity (Wildman–Crippen MR) is 124 cm³/mol. The molecule has 1 amide bonds. The van der Waals surface area contributed by atoms with Crippen LogP contribution < -0.4 is 5.43 Å². The van der Waals surface area contributed by atoms with Crippen LogP contribution in [0.4, 0.5) is 4.39 Å². The highest BCUT2D eigenvalue weighted by Crippen LogP contribution is 2.31. The topological polar surface area (TPSA) is 78.8 Å². The van der Waals surface area contributed by atoms with Gasteiger partial charge in [-0.3, -0.25) is 4.79 Å². The first-order valence-corrected chi connectivity index (χ1v) is 12.3. The molecule has 6 nitrogen and oxygen atoms in total. The zero-order valence-corrected chi connectivity index (χ0v) is 19.6. The number of nitrogens with zero attached hydrogens (tertiary/aromatic N) is 2. The zero-order valence-electron chi connectivity index (χ0n) is 18.8. The predicted octanol–water partition coefficient (Wildman–Crippen LogP) is 4.22. The number of amides is 1. The zero-order chi connectivity index (χ0) is 23.3. The van der Waals surface area contributed by atoms with E-state index in [0.717, 1.165) is 37.7 Å². The van der Waals surface area contributed by atoms with Crippen molar-refractivity contribution in [2.75, 3.05) is 6.54 Å². The first-order valence-electron chi connectivity index (χ1n) is 10.9. The van der Waals surface area contributed by atoms with E-state index in [1.807, 2.05) is 19.1 Å². The molecular weight excluding hydrogens is 429 g/mol. The summed E-state index contributed by atoms with van der Waals surface area (Å²) in [5.41, 5.74) is 5.38. The lowest BCUT2D eigenvalue weighted by molar-refractivity contribution is -0.121. The van der Waals surface area contributed by atoms with Crippen molar-refractivity contribution in [2.45, 2.75) is 63.8 Å². The standard InChI is InChI=1S/C24H30FN3O3S/c1-17-13-18(2)24(19(3)14-17)32(30,31)28(22-7-5-4-6-8-22)16-23(29)27-26-15-20-9-11-21(25)12-10-20/h9-15,22H,4-8,16H2,1-3H3,(H,27,29)/b26-15+. The number of benzene rings is 2.